The minimum absolute atomic E-state index is 0.0947. The number of halogens is 1. The summed E-state index contributed by atoms with van der Waals surface area (Å²) in [6.45, 7) is 4.15. The molecule has 0 saturated carbocycles. The number of anilines is 1. The summed E-state index contributed by atoms with van der Waals surface area (Å²) in [4.78, 5) is 13.1. The van der Waals surface area contributed by atoms with Crippen LogP contribution in [-0.4, -0.2) is 33.5 Å². The van der Waals surface area contributed by atoms with E-state index in [1.165, 1.54) is 10.4 Å². The highest BCUT2D eigenvalue weighted by atomic mass is 35.5. The predicted octanol–water partition coefficient (Wildman–Crippen LogP) is 4.52. The maximum Gasteiger partial charge on any atom is 0.264 e. The molecule has 0 unspecified atom stereocenters. The fraction of sp³-hybridized carbons (Fsp3) is 0.240. The van der Waals surface area contributed by atoms with Crippen molar-refractivity contribution in [3.63, 3.8) is 0 Å². The number of rotatable bonds is 6. The van der Waals surface area contributed by atoms with E-state index in [0.29, 0.717) is 17.3 Å². The topological polar surface area (TPSA) is 75.7 Å². The van der Waals surface area contributed by atoms with E-state index in [1.807, 2.05) is 44.2 Å². The van der Waals surface area contributed by atoms with Gasteiger partial charge in [-0.1, -0.05) is 66.6 Å². The van der Waals surface area contributed by atoms with Crippen LogP contribution in [-0.2, 0) is 14.8 Å². The molecule has 0 aliphatic carbocycles. The van der Waals surface area contributed by atoms with E-state index in [9.17, 15) is 13.2 Å². The third-order valence-electron chi connectivity index (χ3n) is 5.64. The number of aryl methyl sites for hydroxylation is 1. The number of fused-ring (bicyclic) bond motifs is 1. The Morgan fingerprint density at radius 1 is 1.12 bits per heavy atom. The first-order valence-corrected chi connectivity index (χ1v) is 12.5. The lowest BCUT2D eigenvalue weighted by Gasteiger charge is -2.35. The Bertz CT molecular complexity index is 1250. The van der Waals surface area contributed by atoms with Gasteiger partial charge in [-0.2, -0.15) is 0 Å². The average molecular weight is 485 g/mol. The van der Waals surface area contributed by atoms with Gasteiger partial charge in [-0.05, 0) is 48.7 Å². The Kier molecular flexibility index (Phi) is 6.63. The van der Waals surface area contributed by atoms with Crippen molar-refractivity contribution in [2.75, 3.05) is 17.4 Å². The molecule has 0 saturated heterocycles. The zero-order valence-electron chi connectivity index (χ0n) is 18.4. The molecule has 0 aromatic heterocycles. The van der Waals surface area contributed by atoms with E-state index >= 15 is 0 Å². The number of sulfonamides is 1. The summed E-state index contributed by atoms with van der Waals surface area (Å²) in [5.74, 6) is 0.0114. The van der Waals surface area contributed by atoms with Crippen LogP contribution in [0.1, 0.15) is 24.0 Å². The summed E-state index contributed by atoms with van der Waals surface area (Å²) in [5, 5.41) is 3.28. The van der Waals surface area contributed by atoms with Gasteiger partial charge >= 0.3 is 0 Å². The summed E-state index contributed by atoms with van der Waals surface area (Å²) in [6.07, 6.45) is -0.998. The largest absolute Gasteiger partial charge is 0.476 e. The molecule has 0 spiro atoms. The van der Waals surface area contributed by atoms with Gasteiger partial charge in [0.15, 0.2) is 6.10 Å². The highest BCUT2D eigenvalue weighted by molar-refractivity contribution is 7.92. The standard InChI is InChI=1S/C25H25ClN2O4S/c1-17-8-11-21(12-9-17)33(30,31)28-16-24(32-23-13-10-20(26)14-22(23)28)25(29)27-15-18(2)19-6-4-3-5-7-19/h3-14,18,24H,15-16H2,1-2H3,(H,27,29)/t18-,24-/m1/s1. The lowest BCUT2D eigenvalue weighted by atomic mass is 10.0. The van der Waals surface area contributed by atoms with Gasteiger partial charge < -0.3 is 10.1 Å². The van der Waals surface area contributed by atoms with Crippen molar-refractivity contribution >= 4 is 33.2 Å². The Labute approximate surface area is 199 Å². The number of nitrogens with zero attached hydrogens (tertiary/aromatic N) is 1. The molecule has 0 bridgehead atoms. The minimum Gasteiger partial charge on any atom is -0.476 e. The molecule has 1 aliphatic rings. The molecule has 1 amide bonds. The van der Waals surface area contributed by atoms with E-state index in [4.69, 9.17) is 16.3 Å². The van der Waals surface area contributed by atoms with Gasteiger partial charge in [0.1, 0.15) is 5.75 Å². The number of amides is 1. The van der Waals surface area contributed by atoms with Gasteiger partial charge in [-0.3, -0.25) is 9.10 Å². The van der Waals surface area contributed by atoms with Crippen LogP contribution in [0.25, 0.3) is 0 Å². The molecule has 1 aliphatic heterocycles. The fourth-order valence-corrected chi connectivity index (χ4v) is 5.33. The van der Waals surface area contributed by atoms with E-state index in [-0.39, 0.29) is 29.0 Å². The summed E-state index contributed by atoms with van der Waals surface area (Å²) in [6, 6.07) is 21.2. The molecule has 2 atom stereocenters. The molecule has 4 rings (SSSR count). The van der Waals surface area contributed by atoms with E-state index in [0.717, 1.165) is 11.1 Å². The van der Waals surface area contributed by atoms with Gasteiger partial charge in [-0.25, -0.2) is 8.42 Å². The Morgan fingerprint density at radius 3 is 2.52 bits per heavy atom. The fourth-order valence-electron chi connectivity index (χ4n) is 3.69. The van der Waals surface area contributed by atoms with Crippen molar-refractivity contribution in [2.24, 2.45) is 0 Å². The molecular weight excluding hydrogens is 460 g/mol. The molecule has 0 radical (unpaired) electrons. The zero-order valence-corrected chi connectivity index (χ0v) is 19.9. The smallest absolute Gasteiger partial charge is 0.264 e. The predicted molar refractivity (Wildman–Crippen MR) is 129 cm³/mol. The summed E-state index contributed by atoms with van der Waals surface area (Å²) >= 11 is 6.14. The van der Waals surface area contributed by atoms with Crippen LogP contribution in [0.15, 0.2) is 77.7 Å². The van der Waals surface area contributed by atoms with Crippen LogP contribution >= 0.6 is 11.6 Å². The van der Waals surface area contributed by atoms with E-state index < -0.39 is 16.1 Å². The zero-order chi connectivity index (χ0) is 23.6. The number of benzene rings is 3. The highest BCUT2D eigenvalue weighted by Gasteiger charge is 2.37. The quantitative estimate of drug-likeness (QED) is 0.558. The van der Waals surface area contributed by atoms with Crippen molar-refractivity contribution in [1.82, 2.24) is 5.32 Å². The number of nitrogens with one attached hydrogen (secondary N) is 1. The second-order valence-electron chi connectivity index (χ2n) is 8.12. The van der Waals surface area contributed by atoms with E-state index in [2.05, 4.69) is 5.32 Å². The number of carbonyl (C=O) groups is 1. The van der Waals surface area contributed by atoms with Gasteiger partial charge in [-0.15, -0.1) is 0 Å². The Morgan fingerprint density at radius 2 is 1.82 bits per heavy atom. The summed E-state index contributed by atoms with van der Waals surface area (Å²) < 4.78 is 34.1. The third kappa shape index (κ3) is 4.99. The number of hydrogen-bond donors (Lipinski definition) is 1. The molecule has 3 aromatic rings. The van der Waals surface area contributed by atoms with Gasteiger partial charge in [0.25, 0.3) is 15.9 Å². The normalized spacial score (nSPS) is 16.5. The maximum absolute atomic E-state index is 13.5. The van der Waals surface area contributed by atoms with Gasteiger partial charge in [0.2, 0.25) is 0 Å². The first-order chi connectivity index (χ1) is 15.8. The molecule has 1 N–H and O–H groups in total. The summed E-state index contributed by atoms with van der Waals surface area (Å²) in [7, 11) is -3.93. The van der Waals surface area contributed by atoms with Gasteiger partial charge in [0.05, 0.1) is 17.1 Å². The SMILES string of the molecule is Cc1ccc(S(=O)(=O)N2C[C@H](C(=O)NC[C@@H](C)c3ccccc3)Oc3ccc(Cl)cc32)cc1. The van der Waals surface area contributed by atoms with Crippen LogP contribution < -0.4 is 14.4 Å². The Balaban J connectivity index is 1.58. The number of ether oxygens (including phenoxy) is 1. The second-order valence-corrected chi connectivity index (χ2v) is 10.4. The van der Waals surface area contributed by atoms with Crippen molar-refractivity contribution in [3.05, 3.63) is 88.9 Å². The average Bonchev–Trinajstić information content (AvgIpc) is 2.82. The molecular formula is C25H25ClN2O4S. The molecule has 1 heterocycles. The molecule has 8 heteroatoms. The number of carbonyl (C=O) groups excluding carboxylic acids is 1. The molecule has 172 valence electrons. The lowest BCUT2D eigenvalue weighted by molar-refractivity contribution is -0.127. The van der Waals surface area contributed by atoms with Crippen LogP contribution in [0.5, 0.6) is 5.75 Å². The summed E-state index contributed by atoms with van der Waals surface area (Å²) in [5.41, 5.74) is 2.36. The molecule has 3 aromatic carbocycles. The van der Waals surface area contributed by atoms with Crippen LogP contribution in [0.2, 0.25) is 5.02 Å². The van der Waals surface area contributed by atoms with E-state index in [1.54, 1.807) is 36.4 Å². The van der Waals surface area contributed by atoms with Crippen LogP contribution in [0.3, 0.4) is 0 Å². The van der Waals surface area contributed by atoms with Crippen molar-refractivity contribution in [3.8, 4) is 5.75 Å². The van der Waals surface area contributed by atoms with Crippen LogP contribution in [0, 0.1) is 6.92 Å². The minimum atomic E-state index is -3.93. The second kappa shape index (κ2) is 9.45. The first-order valence-electron chi connectivity index (χ1n) is 10.6. The lowest BCUT2D eigenvalue weighted by Crippen LogP contribution is -2.51. The first kappa shape index (κ1) is 23.1. The van der Waals surface area contributed by atoms with Crippen LogP contribution in [0.4, 0.5) is 5.69 Å². The van der Waals surface area contributed by atoms with Gasteiger partial charge in [0, 0.05) is 11.6 Å². The third-order valence-corrected chi connectivity index (χ3v) is 7.67. The van der Waals surface area contributed by atoms with Crippen molar-refractivity contribution in [1.29, 1.82) is 0 Å². The molecule has 0 fully saturated rings. The molecule has 33 heavy (non-hydrogen) atoms. The highest BCUT2D eigenvalue weighted by Crippen LogP contribution is 2.38. The van der Waals surface area contributed by atoms with Crippen molar-refractivity contribution < 1.29 is 17.9 Å². The Hall–Kier alpha value is -3.03. The maximum atomic E-state index is 13.5. The molecule has 6 nitrogen and oxygen atoms in total. The van der Waals surface area contributed by atoms with Crippen molar-refractivity contribution in [2.45, 2.75) is 30.8 Å². The number of hydrogen-bond acceptors (Lipinski definition) is 4. The monoisotopic (exact) mass is 484 g/mol.